The minimum Gasteiger partial charge on any atom is -0.363 e. The predicted octanol–water partition coefficient (Wildman–Crippen LogP) is 1.76. The van der Waals surface area contributed by atoms with Gasteiger partial charge in [0.25, 0.3) is 0 Å². The first-order valence-corrected chi connectivity index (χ1v) is 5.56. The van der Waals surface area contributed by atoms with Crippen molar-refractivity contribution in [1.82, 2.24) is 15.6 Å². The van der Waals surface area contributed by atoms with E-state index in [-0.39, 0.29) is 0 Å². The molecule has 0 atom stereocenters. The lowest BCUT2D eigenvalue weighted by Crippen LogP contribution is -2.35. The SMILES string of the molecule is CCCNC(=S)NCc1ccc(C)nc1. The van der Waals surface area contributed by atoms with Crippen molar-refractivity contribution < 1.29 is 0 Å². The van der Waals surface area contributed by atoms with E-state index in [4.69, 9.17) is 12.2 Å². The molecule has 3 nitrogen and oxygen atoms in total. The fourth-order valence-electron chi connectivity index (χ4n) is 1.09. The summed E-state index contributed by atoms with van der Waals surface area (Å²) in [5.41, 5.74) is 2.17. The molecular formula is C11H17N3S. The van der Waals surface area contributed by atoms with Gasteiger partial charge in [0, 0.05) is 25.0 Å². The maximum Gasteiger partial charge on any atom is 0.166 e. The molecular weight excluding hydrogens is 206 g/mol. The number of pyridine rings is 1. The van der Waals surface area contributed by atoms with Crippen LogP contribution in [0.3, 0.4) is 0 Å². The molecule has 0 aliphatic carbocycles. The average Bonchev–Trinajstić information content (AvgIpc) is 2.25. The molecule has 0 bridgehead atoms. The first-order valence-electron chi connectivity index (χ1n) is 5.15. The van der Waals surface area contributed by atoms with Crippen LogP contribution in [0.25, 0.3) is 0 Å². The van der Waals surface area contributed by atoms with E-state index in [0.29, 0.717) is 5.11 Å². The normalized spacial score (nSPS) is 9.73. The Morgan fingerprint density at radius 2 is 2.20 bits per heavy atom. The Morgan fingerprint density at radius 1 is 1.40 bits per heavy atom. The number of rotatable bonds is 4. The Kier molecular flexibility index (Phi) is 5.04. The smallest absolute Gasteiger partial charge is 0.166 e. The minimum absolute atomic E-state index is 0.706. The van der Waals surface area contributed by atoms with Crippen molar-refractivity contribution >= 4 is 17.3 Å². The molecule has 0 spiro atoms. The lowest BCUT2D eigenvalue weighted by atomic mass is 10.2. The Morgan fingerprint density at radius 3 is 2.80 bits per heavy atom. The van der Waals surface area contributed by atoms with Gasteiger partial charge in [0.2, 0.25) is 0 Å². The van der Waals surface area contributed by atoms with Crippen LogP contribution in [0.5, 0.6) is 0 Å². The Bertz CT molecular complexity index is 308. The lowest BCUT2D eigenvalue weighted by molar-refractivity contribution is 0.798. The van der Waals surface area contributed by atoms with Gasteiger partial charge in [-0.25, -0.2) is 0 Å². The summed E-state index contributed by atoms with van der Waals surface area (Å²) in [4.78, 5) is 4.22. The molecule has 0 aliphatic rings. The topological polar surface area (TPSA) is 37.0 Å². The van der Waals surface area contributed by atoms with Crippen molar-refractivity contribution in [2.75, 3.05) is 6.54 Å². The molecule has 1 aromatic heterocycles. The number of nitrogens with one attached hydrogen (secondary N) is 2. The summed E-state index contributed by atoms with van der Waals surface area (Å²) in [6.45, 7) is 5.73. The largest absolute Gasteiger partial charge is 0.363 e. The summed E-state index contributed by atoms with van der Waals surface area (Å²) < 4.78 is 0. The third-order valence-corrected chi connectivity index (χ3v) is 2.25. The predicted molar refractivity (Wildman–Crippen MR) is 66.7 cm³/mol. The van der Waals surface area contributed by atoms with Gasteiger partial charge in [0.1, 0.15) is 0 Å². The highest BCUT2D eigenvalue weighted by atomic mass is 32.1. The number of hydrogen-bond acceptors (Lipinski definition) is 2. The van der Waals surface area contributed by atoms with Crippen LogP contribution < -0.4 is 10.6 Å². The van der Waals surface area contributed by atoms with Crippen molar-refractivity contribution in [2.45, 2.75) is 26.8 Å². The molecule has 0 saturated carbocycles. The first-order chi connectivity index (χ1) is 7.22. The van der Waals surface area contributed by atoms with E-state index in [2.05, 4.69) is 28.6 Å². The van der Waals surface area contributed by atoms with Crippen LogP contribution in [-0.4, -0.2) is 16.6 Å². The van der Waals surface area contributed by atoms with E-state index in [1.54, 1.807) is 0 Å². The van der Waals surface area contributed by atoms with E-state index in [9.17, 15) is 0 Å². The molecule has 0 unspecified atom stereocenters. The quantitative estimate of drug-likeness (QED) is 0.763. The molecule has 0 aromatic carbocycles. The minimum atomic E-state index is 0.706. The second-order valence-electron chi connectivity index (χ2n) is 3.42. The lowest BCUT2D eigenvalue weighted by Gasteiger charge is -2.09. The highest BCUT2D eigenvalue weighted by molar-refractivity contribution is 7.80. The zero-order valence-corrected chi connectivity index (χ0v) is 10.0. The van der Waals surface area contributed by atoms with Gasteiger partial charge >= 0.3 is 0 Å². The van der Waals surface area contributed by atoms with Gasteiger partial charge in [-0.05, 0) is 37.2 Å². The molecule has 0 fully saturated rings. The molecule has 1 rings (SSSR count). The monoisotopic (exact) mass is 223 g/mol. The van der Waals surface area contributed by atoms with E-state index in [0.717, 1.165) is 30.8 Å². The highest BCUT2D eigenvalue weighted by Crippen LogP contribution is 1.98. The van der Waals surface area contributed by atoms with Gasteiger partial charge in [0.05, 0.1) is 0 Å². The van der Waals surface area contributed by atoms with Gasteiger partial charge in [-0.1, -0.05) is 13.0 Å². The molecule has 15 heavy (non-hydrogen) atoms. The number of aryl methyl sites for hydroxylation is 1. The molecule has 0 amide bonds. The van der Waals surface area contributed by atoms with E-state index < -0.39 is 0 Å². The van der Waals surface area contributed by atoms with Gasteiger partial charge in [-0.15, -0.1) is 0 Å². The average molecular weight is 223 g/mol. The first kappa shape index (κ1) is 11.9. The molecule has 0 radical (unpaired) electrons. The summed E-state index contributed by atoms with van der Waals surface area (Å²) in [7, 11) is 0. The summed E-state index contributed by atoms with van der Waals surface area (Å²) in [6.07, 6.45) is 2.94. The molecule has 82 valence electrons. The maximum atomic E-state index is 5.10. The van der Waals surface area contributed by atoms with Crippen molar-refractivity contribution in [3.8, 4) is 0 Å². The van der Waals surface area contributed by atoms with Crippen molar-refractivity contribution in [3.05, 3.63) is 29.6 Å². The molecule has 4 heteroatoms. The van der Waals surface area contributed by atoms with E-state index in [1.807, 2.05) is 19.2 Å². The summed E-state index contributed by atoms with van der Waals surface area (Å²) in [5, 5.41) is 6.95. The summed E-state index contributed by atoms with van der Waals surface area (Å²) >= 11 is 5.10. The van der Waals surface area contributed by atoms with Gasteiger partial charge in [-0.2, -0.15) is 0 Å². The number of nitrogens with zero attached hydrogens (tertiary/aromatic N) is 1. The van der Waals surface area contributed by atoms with Gasteiger partial charge in [-0.3, -0.25) is 4.98 Å². The molecule has 1 aromatic rings. The standard InChI is InChI=1S/C11H17N3S/c1-3-6-12-11(15)14-8-10-5-4-9(2)13-7-10/h4-5,7H,3,6,8H2,1-2H3,(H2,12,14,15). The fourth-order valence-corrected chi connectivity index (χ4v) is 1.26. The summed E-state index contributed by atoms with van der Waals surface area (Å²) in [6, 6.07) is 4.05. The van der Waals surface area contributed by atoms with Crippen LogP contribution in [0.2, 0.25) is 0 Å². The Balaban J connectivity index is 2.30. The van der Waals surface area contributed by atoms with Crippen LogP contribution in [-0.2, 0) is 6.54 Å². The maximum absolute atomic E-state index is 5.10. The van der Waals surface area contributed by atoms with Crippen molar-refractivity contribution in [1.29, 1.82) is 0 Å². The summed E-state index contributed by atoms with van der Waals surface area (Å²) in [5.74, 6) is 0. The van der Waals surface area contributed by atoms with Crippen LogP contribution in [0.4, 0.5) is 0 Å². The molecule has 1 heterocycles. The fraction of sp³-hybridized carbons (Fsp3) is 0.455. The molecule has 2 N–H and O–H groups in total. The number of aromatic nitrogens is 1. The number of hydrogen-bond donors (Lipinski definition) is 2. The van der Waals surface area contributed by atoms with Crippen LogP contribution in [0.1, 0.15) is 24.6 Å². The van der Waals surface area contributed by atoms with Crippen LogP contribution in [0, 0.1) is 6.92 Å². The van der Waals surface area contributed by atoms with Crippen molar-refractivity contribution in [2.24, 2.45) is 0 Å². The van der Waals surface area contributed by atoms with Crippen LogP contribution >= 0.6 is 12.2 Å². The molecule has 0 aliphatic heterocycles. The van der Waals surface area contributed by atoms with Gasteiger partial charge in [0.15, 0.2) is 5.11 Å². The Hall–Kier alpha value is -1.16. The zero-order valence-electron chi connectivity index (χ0n) is 9.21. The van der Waals surface area contributed by atoms with Crippen LogP contribution in [0.15, 0.2) is 18.3 Å². The van der Waals surface area contributed by atoms with E-state index in [1.165, 1.54) is 0 Å². The second kappa shape index (κ2) is 6.35. The second-order valence-corrected chi connectivity index (χ2v) is 3.83. The van der Waals surface area contributed by atoms with E-state index >= 15 is 0 Å². The zero-order chi connectivity index (χ0) is 11.1. The third-order valence-electron chi connectivity index (χ3n) is 1.96. The van der Waals surface area contributed by atoms with Crippen molar-refractivity contribution in [3.63, 3.8) is 0 Å². The number of thiocarbonyl (C=S) groups is 1. The molecule has 0 saturated heterocycles. The highest BCUT2D eigenvalue weighted by Gasteiger charge is 1.95. The third kappa shape index (κ3) is 4.74. The Labute approximate surface area is 96.3 Å². The van der Waals surface area contributed by atoms with Gasteiger partial charge < -0.3 is 10.6 Å².